The maximum absolute atomic E-state index is 10.8. The number of carboxylic acids is 1. The summed E-state index contributed by atoms with van der Waals surface area (Å²) in [5.74, 6) is -0.944. The monoisotopic (exact) mass is 303 g/mol. The number of nitriles is 1. The molecule has 0 amide bonds. The van der Waals surface area contributed by atoms with Crippen LogP contribution >= 0.6 is 11.8 Å². The van der Waals surface area contributed by atoms with Crippen molar-refractivity contribution in [1.82, 2.24) is 9.55 Å². The minimum atomic E-state index is -0.887. The molecular weight excluding hydrogens is 290 g/mol. The van der Waals surface area contributed by atoms with Gasteiger partial charge in [-0.2, -0.15) is 5.26 Å². The minimum absolute atomic E-state index is 0.0568. The summed E-state index contributed by atoms with van der Waals surface area (Å²) in [6.45, 7) is 1.27. The van der Waals surface area contributed by atoms with Crippen LogP contribution in [0.2, 0.25) is 0 Å². The zero-order valence-electron chi connectivity index (χ0n) is 11.2. The molecule has 2 heterocycles. The molecule has 1 atom stereocenters. The molecule has 0 radical (unpaired) electrons. The SMILES string of the molecule is N#Cc1cccc2c1nc(SCC(=O)O)n2C1CCOC1. The van der Waals surface area contributed by atoms with E-state index in [0.29, 0.717) is 29.5 Å². The van der Waals surface area contributed by atoms with Crippen molar-refractivity contribution in [2.75, 3.05) is 19.0 Å². The predicted molar refractivity (Wildman–Crippen MR) is 77.3 cm³/mol. The van der Waals surface area contributed by atoms with E-state index in [1.54, 1.807) is 6.07 Å². The normalized spacial score (nSPS) is 18.0. The largest absolute Gasteiger partial charge is 0.481 e. The molecule has 1 saturated heterocycles. The lowest BCUT2D eigenvalue weighted by molar-refractivity contribution is -0.133. The van der Waals surface area contributed by atoms with E-state index in [1.807, 2.05) is 16.7 Å². The zero-order chi connectivity index (χ0) is 14.8. The molecule has 1 N–H and O–H groups in total. The number of benzene rings is 1. The number of para-hydroxylation sites is 1. The van der Waals surface area contributed by atoms with Crippen molar-refractivity contribution in [3.63, 3.8) is 0 Å². The van der Waals surface area contributed by atoms with Crippen molar-refractivity contribution >= 4 is 28.8 Å². The number of imidazole rings is 1. The van der Waals surface area contributed by atoms with Crippen LogP contribution in [0.5, 0.6) is 0 Å². The average molecular weight is 303 g/mol. The van der Waals surface area contributed by atoms with Gasteiger partial charge >= 0.3 is 5.97 Å². The highest BCUT2D eigenvalue weighted by molar-refractivity contribution is 7.99. The van der Waals surface area contributed by atoms with Crippen LogP contribution in [-0.4, -0.2) is 39.6 Å². The molecule has 0 bridgehead atoms. The second kappa shape index (κ2) is 5.76. The van der Waals surface area contributed by atoms with Crippen molar-refractivity contribution in [2.24, 2.45) is 0 Å². The number of hydrogen-bond acceptors (Lipinski definition) is 5. The number of hydrogen-bond donors (Lipinski definition) is 1. The smallest absolute Gasteiger partial charge is 0.313 e. The third-order valence-electron chi connectivity index (χ3n) is 3.40. The van der Waals surface area contributed by atoms with E-state index in [2.05, 4.69) is 11.1 Å². The van der Waals surface area contributed by atoms with Crippen molar-refractivity contribution in [2.45, 2.75) is 17.6 Å². The summed E-state index contributed by atoms with van der Waals surface area (Å²) in [6, 6.07) is 7.72. The van der Waals surface area contributed by atoms with Gasteiger partial charge in [-0.1, -0.05) is 17.8 Å². The fourth-order valence-electron chi connectivity index (χ4n) is 2.49. The maximum atomic E-state index is 10.8. The first-order chi connectivity index (χ1) is 10.2. The van der Waals surface area contributed by atoms with Gasteiger partial charge in [0.1, 0.15) is 11.6 Å². The second-order valence-corrected chi connectivity index (χ2v) is 5.69. The van der Waals surface area contributed by atoms with Gasteiger partial charge in [0, 0.05) is 6.61 Å². The summed E-state index contributed by atoms with van der Waals surface area (Å²) in [5.41, 5.74) is 1.99. The van der Waals surface area contributed by atoms with Crippen LogP contribution in [0.1, 0.15) is 18.0 Å². The average Bonchev–Trinajstić information content (AvgIpc) is 3.10. The standard InChI is InChI=1S/C14H13N3O3S/c15-6-9-2-1-3-11-13(9)16-14(21-8-12(18)19)17(11)10-4-5-20-7-10/h1-3,10H,4-5,7-8H2,(H,18,19). The molecule has 0 spiro atoms. The summed E-state index contributed by atoms with van der Waals surface area (Å²) in [7, 11) is 0. The van der Waals surface area contributed by atoms with E-state index < -0.39 is 5.97 Å². The van der Waals surface area contributed by atoms with Gasteiger partial charge in [-0.15, -0.1) is 0 Å². The van der Waals surface area contributed by atoms with Gasteiger partial charge in [-0.25, -0.2) is 4.98 Å². The van der Waals surface area contributed by atoms with Gasteiger partial charge in [0.25, 0.3) is 0 Å². The van der Waals surface area contributed by atoms with Crippen LogP contribution in [0.25, 0.3) is 11.0 Å². The summed E-state index contributed by atoms with van der Waals surface area (Å²) in [6.07, 6.45) is 0.864. The summed E-state index contributed by atoms with van der Waals surface area (Å²) < 4.78 is 7.44. The first kappa shape index (κ1) is 13.9. The van der Waals surface area contributed by atoms with Crippen molar-refractivity contribution < 1.29 is 14.6 Å². The molecule has 3 rings (SSSR count). The molecule has 0 aliphatic carbocycles. The Morgan fingerprint density at radius 1 is 1.62 bits per heavy atom. The Balaban J connectivity index is 2.12. The van der Waals surface area contributed by atoms with Gasteiger partial charge in [0.2, 0.25) is 0 Å². The second-order valence-electron chi connectivity index (χ2n) is 4.75. The zero-order valence-corrected chi connectivity index (χ0v) is 12.0. The number of nitrogens with zero attached hydrogens (tertiary/aromatic N) is 3. The van der Waals surface area contributed by atoms with Gasteiger partial charge in [-0.05, 0) is 18.6 Å². The first-order valence-electron chi connectivity index (χ1n) is 6.54. The quantitative estimate of drug-likeness (QED) is 0.870. The molecule has 21 heavy (non-hydrogen) atoms. The van der Waals surface area contributed by atoms with E-state index in [4.69, 9.17) is 9.84 Å². The summed E-state index contributed by atoms with van der Waals surface area (Å²) in [5, 5.41) is 18.7. The van der Waals surface area contributed by atoms with E-state index in [1.165, 1.54) is 11.8 Å². The fraction of sp³-hybridized carbons (Fsp3) is 0.357. The van der Waals surface area contributed by atoms with Gasteiger partial charge in [-0.3, -0.25) is 4.79 Å². The Bertz CT molecular complexity index is 729. The lowest BCUT2D eigenvalue weighted by atomic mass is 10.2. The molecule has 1 aliphatic heterocycles. The predicted octanol–water partition coefficient (Wildman–Crippen LogP) is 2.05. The molecule has 1 fully saturated rings. The molecule has 1 aromatic heterocycles. The highest BCUT2D eigenvalue weighted by atomic mass is 32.2. The molecule has 1 aromatic carbocycles. The van der Waals surface area contributed by atoms with Gasteiger partial charge in [0.15, 0.2) is 5.16 Å². The van der Waals surface area contributed by atoms with E-state index in [9.17, 15) is 10.1 Å². The molecule has 1 unspecified atom stereocenters. The number of aliphatic carboxylic acids is 1. The summed E-state index contributed by atoms with van der Waals surface area (Å²) >= 11 is 1.17. The van der Waals surface area contributed by atoms with Crippen molar-refractivity contribution in [3.8, 4) is 6.07 Å². The van der Waals surface area contributed by atoms with Crippen LogP contribution in [0, 0.1) is 11.3 Å². The minimum Gasteiger partial charge on any atom is -0.481 e. The Morgan fingerprint density at radius 3 is 3.14 bits per heavy atom. The number of aromatic nitrogens is 2. The van der Waals surface area contributed by atoms with E-state index in [-0.39, 0.29) is 11.8 Å². The number of rotatable bonds is 4. The number of carbonyl (C=O) groups is 1. The molecule has 0 saturated carbocycles. The Hall–Kier alpha value is -2.04. The highest BCUT2D eigenvalue weighted by Crippen LogP contribution is 2.32. The number of ether oxygens (including phenoxy) is 1. The fourth-order valence-corrected chi connectivity index (χ4v) is 3.29. The van der Waals surface area contributed by atoms with Crippen LogP contribution in [0.4, 0.5) is 0 Å². The van der Waals surface area contributed by atoms with Crippen LogP contribution < -0.4 is 0 Å². The van der Waals surface area contributed by atoms with Crippen LogP contribution in [0.15, 0.2) is 23.4 Å². The van der Waals surface area contributed by atoms with Gasteiger partial charge in [0.05, 0.1) is 29.5 Å². The lowest BCUT2D eigenvalue weighted by Crippen LogP contribution is -2.10. The molecule has 7 heteroatoms. The molecule has 108 valence electrons. The van der Waals surface area contributed by atoms with Gasteiger partial charge < -0.3 is 14.4 Å². The Morgan fingerprint density at radius 2 is 2.48 bits per heavy atom. The maximum Gasteiger partial charge on any atom is 0.313 e. The Labute approximate surface area is 125 Å². The van der Waals surface area contributed by atoms with Crippen LogP contribution in [0.3, 0.4) is 0 Å². The molecule has 1 aliphatic rings. The molecule has 2 aromatic rings. The van der Waals surface area contributed by atoms with Crippen molar-refractivity contribution in [1.29, 1.82) is 5.26 Å². The highest BCUT2D eigenvalue weighted by Gasteiger charge is 2.24. The molecular formula is C14H13N3O3S. The van der Waals surface area contributed by atoms with Crippen LogP contribution in [-0.2, 0) is 9.53 Å². The number of carboxylic acid groups (broad SMARTS) is 1. The third kappa shape index (κ3) is 2.60. The topological polar surface area (TPSA) is 88.1 Å². The first-order valence-corrected chi connectivity index (χ1v) is 7.52. The van der Waals surface area contributed by atoms with E-state index in [0.717, 1.165) is 11.9 Å². The van der Waals surface area contributed by atoms with Crippen molar-refractivity contribution in [3.05, 3.63) is 23.8 Å². The Kier molecular flexibility index (Phi) is 3.82. The number of thioether (sulfide) groups is 1. The van der Waals surface area contributed by atoms with E-state index >= 15 is 0 Å². The summed E-state index contributed by atoms with van der Waals surface area (Å²) in [4.78, 5) is 15.3. The molecule has 6 nitrogen and oxygen atoms in total. The number of fused-ring (bicyclic) bond motifs is 1. The third-order valence-corrected chi connectivity index (χ3v) is 4.34. The lowest BCUT2D eigenvalue weighted by Gasteiger charge is -2.14.